The summed E-state index contributed by atoms with van der Waals surface area (Å²) in [6, 6.07) is 5.41. The van der Waals surface area contributed by atoms with Gasteiger partial charge in [-0.3, -0.25) is 10.1 Å². The average Bonchev–Trinajstić information content (AvgIpc) is 2.42. The van der Waals surface area contributed by atoms with Crippen molar-refractivity contribution < 1.29 is 14.8 Å². The van der Waals surface area contributed by atoms with Crippen LogP contribution in [0, 0.1) is 21.4 Å². The number of nitro benzene ring substituents is 1. The number of hydrogen-bond donors (Lipinski definition) is 1. The van der Waals surface area contributed by atoms with Gasteiger partial charge in [0.25, 0.3) is 5.69 Å². The van der Waals surface area contributed by atoms with Gasteiger partial charge in [-0.1, -0.05) is 29.8 Å². The Morgan fingerprint density at radius 2 is 2.12 bits per heavy atom. The number of carbonyl (C=O) groups is 1. The topological polar surface area (TPSA) is 86.9 Å². The molecule has 0 unspecified atom stereocenters. The monoisotopic (exact) mass is 411 g/mol. The van der Waals surface area contributed by atoms with Gasteiger partial charge in [0, 0.05) is 41.6 Å². The van der Waals surface area contributed by atoms with E-state index in [1.807, 2.05) is 6.07 Å². The second-order valence-electron chi connectivity index (χ2n) is 7.64. The van der Waals surface area contributed by atoms with Crippen molar-refractivity contribution in [3.05, 3.63) is 32.8 Å². The minimum Gasteiger partial charge on any atom is -0.465 e. The van der Waals surface area contributed by atoms with E-state index in [4.69, 9.17) is 5.11 Å². The number of nitrogens with zero attached hydrogens (tertiary/aromatic N) is 3. The van der Waals surface area contributed by atoms with Crippen LogP contribution in [0.4, 0.5) is 16.2 Å². The summed E-state index contributed by atoms with van der Waals surface area (Å²) in [5.41, 5.74) is 0.829. The van der Waals surface area contributed by atoms with Crippen LogP contribution in [-0.4, -0.2) is 46.7 Å². The van der Waals surface area contributed by atoms with Crippen LogP contribution >= 0.6 is 15.9 Å². The molecule has 0 radical (unpaired) electrons. The predicted molar refractivity (Wildman–Crippen MR) is 98.0 cm³/mol. The highest BCUT2D eigenvalue weighted by molar-refractivity contribution is 9.10. The van der Waals surface area contributed by atoms with E-state index in [0.29, 0.717) is 29.2 Å². The Morgan fingerprint density at radius 1 is 1.48 bits per heavy atom. The number of anilines is 1. The standard InChI is InChI=1S/C17H22BrN3O4/c1-11(2)8-20(14-4-3-12(18)5-15(14)21(24)25)13-6-17(7-13)9-19(10-17)16(22)23/h3-5,11,13H,6-10H2,1-2H3,(H,22,23). The molecule has 0 aromatic heterocycles. The van der Waals surface area contributed by atoms with E-state index < -0.39 is 6.09 Å². The summed E-state index contributed by atoms with van der Waals surface area (Å²) in [6.45, 7) is 6.10. The molecule has 1 aromatic rings. The maximum atomic E-state index is 11.5. The highest BCUT2D eigenvalue weighted by Crippen LogP contribution is 2.51. The van der Waals surface area contributed by atoms with E-state index in [0.717, 1.165) is 19.4 Å². The van der Waals surface area contributed by atoms with Crippen LogP contribution in [0.25, 0.3) is 0 Å². The summed E-state index contributed by atoms with van der Waals surface area (Å²) < 4.78 is 0.689. The normalized spacial score (nSPS) is 18.8. The summed E-state index contributed by atoms with van der Waals surface area (Å²) in [5, 5.41) is 20.5. The molecule has 1 aromatic carbocycles. The van der Waals surface area contributed by atoms with Gasteiger partial charge in [0.15, 0.2) is 0 Å². The third-order valence-corrected chi connectivity index (χ3v) is 5.60. The Balaban J connectivity index is 1.79. The minimum atomic E-state index is -0.864. The number of halogens is 1. The maximum absolute atomic E-state index is 11.5. The van der Waals surface area contributed by atoms with Gasteiger partial charge in [-0.05, 0) is 30.9 Å². The Bertz CT molecular complexity index is 695. The van der Waals surface area contributed by atoms with Crippen LogP contribution in [0.5, 0.6) is 0 Å². The van der Waals surface area contributed by atoms with Crippen molar-refractivity contribution in [3.63, 3.8) is 0 Å². The van der Waals surface area contributed by atoms with Crippen molar-refractivity contribution in [2.75, 3.05) is 24.5 Å². The van der Waals surface area contributed by atoms with Crippen molar-refractivity contribution in [3.8, 4) is 0 Å². The third kappa shape index (κ3) is 3.44. The van der Waals surface area contributed by atoms with Crippen LogP contribution in [-0.2, 0) is 0 Å². The largest absolute Gasteiger partial charge is 0.465 e. The second-order valence-corrected chi connectivity index (χ2v) is 8.55. The van der Waals surface area contributed by atoms with E-state index in [2.05, 4.69) is 34.7 Å². The second kappa shape index (κ2) is 6.48. The Labute approximate surface area is 154 Å². The number of nitro groups is 1. The molecule has 8 heteroatoms. The van der Waals surface area contributed by atoms with Gasteiger partial charge in [0.1, 0.15) is 5.69 Å². The number of likely N-dealkylation sites (tertiary alicyclic amines) is 1. The molecule has 25 heavy (non-hydrogen) atoms. The Morgan fingerprint density at radius 3 is 2.64 bits per heavy atom. The molecule has 0 bridgehead atoms. The quantitative estimate of drug-likeness (QED) is 0.584. The lowest BCUT2D eigenvalue weighted by atomic mass is 9.60. The first-order chi connectivity index (χ1) is 11.7. The number of benzene rings is 1. The number of hydrogen-bond acceptors (Lipinski definition) is 4. The molecule has 136 valence electrons. The Kier molecular flexibility index (Phi) is 4.66. The fourth-order valence-electron chi connectivity index (χ4n) is 4.04. The van der Waals surface area contributed by atoms with Crippen molar-refractivity contribution >= 4 is 33.4 Å². The van der Waals surface area contributed by atoms with E-state index in [1.165, 1.54) is 4.90 Å². The predicted octanol–water partition coefficient (Wildman–Crippen LogP) is 3.96. The van der Waals surface area contributed by atoms with Gasteiger partial charge in [0.2, 0.25) is 0 Å². The van der Waals surface area contributed by atoms with Gasteiger partial charge < -0.3 is 14.9 Å². The van der Waals surface area contributed by atoms with Crippen LogP contribution in [0.3, 0.4) is 0 Å². The lowest BCUT2D eigenvalue weighted by molar-refractivity contribution is -0.384. The first-order valence-corrected chi connectivity index (χ1v) is 9.18. The molecule has 2 fully saturated rings. The minimum absolute atomic E-state index is 0.0719. The molecule has 1 amide bonds. The Hall–Kier alpha value is -1.83. The van der Waals surface area contributed by atoms with E-state index in [9.17, 15) is 14.9 Å². The molecule has 2 aliphatic rings. The lowest BCUT2D eigenvalue weighted by Gasteiger charge is -2.60. The summed E-state index contributed by atoms with van der Waals surface area (Å²) in [6.07, 6.45) is 0.907. The SMILES string of the molecule is CC(C)CN(c1ccc(Br)cc1[N+](=O)[O-])C1CC2(C1)CN(C(=O)O)C2. The zero-order valence-corrected chi connectivity index (χ0v) is 15.9. The van der Waals surface area contributed by atoms with Crippen LogP contribution in [0.15, 0.2) is 22.7 Å². The summed E-state index contributed by atoms with van der Waals surface area (Å²) >= 11 is 3.31. The number of carboxylic acid groups (broad SMARTS) is 1. The zero-order valence-electron chi connectivity index (χ0n) is 14.3. The third-order valence-electron chi connectivity index (χ3n) is 5.11. The van der Waals surface area contributed by atoms with E-state index >= 15 is 0 Å². The zero-order chi connectivity index (χ0) is 18.4. The lowest BCUT2D eigenvalue weighted by Crippen LogP contribution is -2.67. The van der Waals surface area contributed by atoms with Crippen LogP contribution in [0.1, 0.15) is 26.7 Å². The van der Waals surface area contributed by atoms with Gasteiger partial charge >= 0.3 is 6.09 Å². The molecule has 7 nitrogen and oxygen atoms in total. The van der Waals surface area contributed by atoms with Crippen molar-refractivity contribution in [1.82, 2.24) is 4.90 Å². The van der Waals surface area contributed by atoms with Crippen molar-refractivity contribution in [2.45, 2.75) is 32.7 Å². The maximum Gasteiger partial charge on any atom is 0.407 e. The molecule has 1 aliphatic carbocycles. The highest BCUT2D eigenvalue weighted by atomic mass is 79.9. The molecule has 1 saturated carbocycles. The molecular formula is C17H22BrN3O4. The van der Waals surface area contributed by atoms with Crippen LogP contribution < -0.4 is 4.90 Å². The molecule has 1 saturated heterocycles. The first kappa shape index (κ1) is 18.0. The fourth-order valence-corrected chi connectivity index (χ4v) is 4.39. The number of rotatable bonds is 5. The van der Waals surface area contributed by atoms with E-state index in [1.54, 1.807) is 12.1 Å². The van der Waals surface area contributed by atoms with Gasteiger partial charge in [-0.15, -0.1) is 0 Å². The fraction of sp³-hybridized carbons (Fsp3) is 0.588. The molecule has 1 spiro atoms. The summed E-state index contributed by atoms with van der Waals surface area (Å²) in [4.78, 5) is 25.7. The van der Waals surface area contributed by atoms with E-state index in [-0.39, 0.29) is 22.1 Å². The van der Waals surface area contributed by atoms with Crippen LogP contribution in [0.2, 0.25) is 0 Å². The van der Waals surface area contributed by atoms with Gasteiger partial charge in [-0.2, -0.15) is 0 Å². The van der Waals surface area contributed by atoms with Crippen molar-refractivity contribution in [2.24, 2.45) is 11.3 Å². The van der Waals surface area contributed by atoms with Gasteiger partial charge in [-0.25, -0.2) is 4.79 Å². The number of amides is 1. The molecule has 1 N–H and O–H groups in total. The summed E-state index contributed by atoms with van der Waals surface area (Å²) in [7, 11) is 0. The molecule has 3 rings (SSSR count). The first-order valence-electron chi connectivity index (χ1n) is 8.39. The molecular weight excluding hydrogens is 390 g/mol. The highest BCUT2D eigenvalue weighted by Gasteiger charge is 2.55. The van der Waals surface area contributed by atoms with Crippen molar-refractivity contribution in [1.29, 1.82) is 0 Å². The molecule has 1 aliphatic heterocycles. The summed E-state index contributed by atoms with van der Waals surface area (Å²) in [5.74, 6) is 0.372. The average molecular weight is 412 g/mol. The molecule has 0 atom stereocenters. The molecule has 1 heterocycles. The smallest absolute Gasteiger partial charge is 0.407 e. The van der Waals surface area contributed by atoms with Gasteiger partial charge in [0.05, 0.1) is 4.92 Å².